The van der Waals surface area contributed by atoms with Gasteiger partial charge in [0, 0.05) is 25.0 Å². The van der Waals surface area contributed by atoms with E-state index in [-0.39, 0.29) is 0 Å². The Labute approximate surface area is 105 Å². The van der Waals surface area contributed by atoms with Crippen molar-refractivity contribution in [3.05, 3.63) is 18.5 Å². The zero-order valence-electron chi connectivity index (χ0n) is 11.1. The zero-order valence-corrected chi connectivity index (χ0v) is 11.1. The summed E-state index contributed by atoms with van der Waals surface area (Å²) in [5.74, 6) is 1.74. The fourth-order valence-corrected chi connectivity index (χ4v) is 2.78. The quantitative estimate of drug-likeness (QED) is 0.795. The molecule has 1 aromatic rings. The van der Waals surface area contributed by atoms with Gasteiger partial charge in [0.25, 0.3) is 0 Å². The van der Waals surface area contributed by atoms with Crippen LogP contribution in [0.1, 0.15) is 39.5 Å². The van der Waals surface area contributed by atoms with E-state index in [1.54, 1.807) is 0 Å². The van der Waals surface area contributed by atoms with Gasteiger partial charge in [-0.2, -0.15) is 5.10 Å². The highest BCUT2D eigenvalue weighted by molar-refractivity contribution is 4.81. The summed E-state index contributed by atoms with van der Waals surface area (Å²) in [4.78, 5) is 0. The molecule has 3 unspecified atom stereocenters. The molecule has 0 aliphatic heterocycles. The Balaban J connectivity index is 1.64. The van der Waals surface area contributed by atoms with Gasteiger partial charge in [0.05, 0.1) is 0 Å². The van der Waals surface area contributed by atoms with Crippen molar-refractivity contribution in [2.24, 2.45) is 11.8 Å². The minimum absolute atomic E-state index is 0.733. The van der Waals surface area contributed by atoms with E-state index in [9.17, 15) is 0 Å². The Morgan fingerprint density at radius 2 is 2.24 bits per heavy atom. The van der Waals surface area contributed by atoms with E-state index in [0.717, 1.165) is 31.0 Å². The van der Waals surface area contributed by atoms with Crippen molar-refractivity contribution in [3.63, 3.8) is 0 Å². The van der Waals surface area contributed by atoms with E-state index in [4.69, 9.17) is 0 Å². The molecule has 0 radical (unpaired) electrons. The van der Waals surface area contributed by atoms with Crippen LogP contribution < -0.4 is 5.32 Å². The molecule has 0 aromatic carbocycles. The van der Waals surface area contributed by atoms with Gasteiger partial charge in [-0.15, -0.1) is 0 Å². The van der Waals surface area contributed by atoms with E-state index < -0.39 is 0 Å². The first-order valence-electron chi connectivity index (χ1n) is 6.96. The third-order valence-corrected chi connectivity index (χ3v) is 3.99. The lowest BCUT2D eigenvalue weighted by atomic mass is 9.80. The van der Waals surface area contributed by atoms with Gasteiger partial charge in [-0.25, -0.2) is 0 Å². The van der Waals surface area contributed by atoms with Crippen LogP contribution in [0.3, 0.4) is 0 Å². The van der Waals surface area contributed by atoms with Crippen LogP contribution >= 0.6 is 0 Å². The molecule has 0 amide bonds. The number of hydrogen-bond donors (Lipinski definition) is 1. The molecule has 0 bridgehead atoms. The van der Waals surface area contributed by atoms with Crippen molar-refractivity contribution in [2.45, 2.75) is 52.1 Å². The zero-order chi connectivity index (χ0) is 12.1. The minimum atomic E-state index is 0.733. The molecule has 1 saturated carbocycles. The minimum Gasteiger partial charge on any atom is -0.314 e. The molecule has 3 heteroatoms. The fourth-order valence-electron chi connectivity index (χ4n) is 2.78. The Hall–Kier alpha value is -0.830. The van der Waals surface area contributed by atoms with Crippen molar-refractivity contribution >= 4 is 0 Å². The van der Waals surface area contributed by atoms with Gasteiger partial charge in [0.15, 0.2) is 0 Å². The summed E-state index contributed by atoms with van der Waals surface area (Å²) in [6, 6.07) is 2.72. The summed E-state index contributed by atoms with van der Waals surface area (Å²) in [6.07, 6.45) is 9.19. The van der Waals surface area contributed by atoms with Crippen molar-refractivity contribution in [2.75, 3.05) is 6.54 Å². The molecule has 0 saturated heterocycles. The molecule has 0 spiro atoms. The van der Waals surface area contributed by atoms with Gasteiger partial charge >= 0.3 is 0 Å². The first-order chi connectivity index (χ1) is 8.25. The van der Waals surface area contributed by atoms with E-state index in [0.29, 0.717) is 0 Å². The fraction of sp³-hybridized carbons (Fsp3) is 0.786. The van der Waals surface area contributed by atoms with Crippen molar-refractivity contribution in [1.82, 2.24) is 15.1 Å². The van der Waals surface area contributed by atoms with Crippen LogP contribution in [0.15, 0.2) is 18.5 Å². The molecule has 1 fully saturated rings. The SMILES string of the molecule is CC1CCC(C)C(NCCCn2cccn2)C1. The number of nitrogens with zero attached hydrogens (tertiary/aromatic N) is 2. The normalized spacial score (nSPS) is 29.4. The number of aryl methyl sites for hydroxylation is 1. The van der Waals surface area contributed by atoms with Crippen LogP contribution in [0, 0.1) is 11.8 Å². The molecule has 1 N–H and O–H groups in total. The highest BCUT2D eigenvalue weighted by atomic mass is 15.3. The monoisotopic (exact) mass is 235 g/mol. The lowest BCUT2D eigenvalue weighted by Crippen LogP contribution is -2.40. The third kappa shape index (κ3) is 3.84. The van der Waals surface area contributed by atoms with Gasteiger partial charge in [-0.1, -0.05) is 20.3 Å². The van der Waals surface area contributed by atoms with Gasteiger partial charge in [-0.05, 0) is 43.7 Å². The maximum absolute atomic E-state index is 4.22. The Bertz CT molecular complexity index is 307. The van der Waals surface area contributed by atoms with Gasteiger partial charge in [0.2, 0.25) is 0 Å². The first kappa shape index (κ1) is 12.6. The van der Waals surface area contributed by atoms with E-state index in [1.807, 2.05) is 23.1 Å². The van der Waals surface area contributed by atoms with Gasteiger partial charge in [-0.3, -0.25) is 4.68 Å². The topological polar surface area (TPSA) is 29.9 Å². The van der Waals surface area contributed by atoms with Crippen LogP contribution in [0.4, 0.5) is 0 Å². The summed E-state index contributed by atoms with van der Waals surface area (Å²) in [7, 11) is 0. The summed E-state index contributed by atoms with van der Waals surface area (Å²) in [6.45, 7) is 6.90. The van der Waals surface area contributed by atoms with Crippen LogP contribution in [0.5, 0.6) is 0 Å². The second-order valence-electron chi connectivity index (χ2n) is 5.58. The number of hydrogen-bond acceptors (Lipinski definition) is 2. The molecular weight excluding hydrogens is 210 g/mol. The lowest BCUT2D eigenvalue weighted by Gasteiger charge is -2.33. The van der Waals surface area contributed by atoms with E-state index in [1.165, 1.54) is 25.7 Å². The Kier molecular flexibility index (Phi) is 4.60. The Morgan fingerprint density at radius 1 is 1.35 bits per heavy atom. The van der Waals surface area contributed by atoms with Crippen molar-refractivity contribution in [3.8, 4) is 0 Å². The molecule has 1 aliphatic carbocycles. The Morgan fingerprint density at radius 3 is 3.00 bits per heavy atom. The number of rotatable bonds is 5. The average molecular weight is 235 g/mol. The first-order valence-corrected chi connectivity index (χ1v) is 6.96. The molecular formula is C14H25N3. The smallest absolute Gasteiger partial charge is 0.0489 e. The lowest BCUT2D eigenvalue weighted by molar-refractivity contribution is 0.227. The van der Waals surface area contributed by atoms with Crippen molar-refractivity contribution < 1.29 is 0 Å². The highest BCUT2D eigenvalue weighted by Crippen LogP contribution is 2.28. The standard InChI is InChI=1S/C14H25N3/c1-12-5-6-13(2)14(11-12)15-7-3-9-17-10-4-8-16-17/h4,8,10,12-15H,3,5-7,9,11H2,1-2H3. The number of nitrogens with one attached hydrogen (secondary N) is 1. The highest BCUT2D eigenvalue weighted by Gasteiger charge is 2.24. The summed E-state index contributed by atoms with van der Waals surface area (Å²) in [5, 5.41) is 7.94. The van der Waals surface area contributed by atoms with Gasteiger partial charge in [0.1, 0.15) is 0 Å². The predicted molar refractivity (Wildman–Crippen MR) is 70.8 cm³/mol. The van der Waals surface area contributed by atoms with Gasteiger partial charge < -0.3 is 5.32 Å². The van der Waals surface area contributed by atoms with Crippen LogP contribution in [-0.2, 0) is 6.54 Å². The molecule has 17 heavy (non-hydrogen) atoms. The van der Waals surface area contributed by atoms with Crippen LogP contribution in [0.2, 0.25) is 0 Å². The average Bonchev–Trinajstić information content (AvgIpc) is 2.82. The third-order valence-electron chi connectivity index (χ3n) is 3.99. The predicted octanol–water partition coefficient (Wildman–Crippen LogP) is 2.69. The van der Waals surface area contributed by atoms with E-state index in [2.05, 4.69) is 24.3 Å². The summed E-state index contributed by atoms with van der Waals surface area (Å²) in [5.41, 5.74) is 0. The summed E-state index contributed by atoms with van der Waals surface area (Å²) >= 11 is 0. The van der Waals surface area contributed by atoms with E-state index >= 15 is 0 Å². The summed E-state index contributed by atoms with van der Waals surface area (Å²) < 4.78 is 2.01. The molecule has 1 heterocycles. The largest absolute Gasteiger partial charge is 0.314 e. The molecule has 3 nitrogen and oxygen atoms in total. The molecule has 2 rings (SSSR count). The maximum atomic E-state index is 4.22. The molecule has 3 atom stereocenters. The maximum Gasteiger partial charge on any atom is 0.0489 e. The van der Waals surface area contributed by atoms with Crippen LogP contribution in [-0.4, -0.2) is 22.4 Å². The molecule has 96 valence electrons. The second-order valence-corrected chi connectivity index (χ2v) is 5.58. The molecule has 1 aromatic heterocycles. The van der Waals surface area contributed by atoms with Crippen molar-refractivity contribution in [1.29, 1.82) is 0 Å². The molecule has 1 aliphatic rings. The number of aromatic nitrogens is 2. The second kappa shape index (κ2) is 6.20. The van der Waals surface area contributed by atoms with Crippen LogP contribution in [0.25, 0.3) is 0 Å².